The van der Waals surface area contributed by atoms with Crippen LogP contribution in [0.25, 0.3) is 0 Å². The Bertz CT molecular complexity index is 498. The molecule has 0 heterocycles. The Hall–Kier alpha value is 0.457. The smallest absolute Gasteiger partial charge is 0.191 e. The molecule has 1 aromatic carbocycles. The van der Waals surface area contributed by atoms with E-state index in [-0.39, 0.29) is 5.04 Å². The molecule has 0 unspecified atom stereocenters. The van der Waals surface area contributed by atoms with Crippen molar-refractivity contribution in [3.8, 4) is 0 Å². The van der Waals surface area contributed by atoms with Crippen molar-refractivity contribution in [2.24, 2.45) is 0 Å². The highest BCUT2D eigenvalue weighted by atomic mass is 79.9. The first-order valence-electron chi connectivity index (χ1n) is 7.75. The van der Waals surface area contributed by atoms with Crippen LogP contribution >= 0.6 is 39.1 Å². The van der Waals surface area contributed by atoms with Gasteiger partial charge in [-0.3, -0.25) is 0 Å². The zero-order valence-electron chi connectivity index (χ0n) is 14.2. The molecule has 0 fully saturated rings. The van der Waals surface area contributed by atoms with Crippen molar-refractivity contribution >= 4 is 47.4 Å². The molecule has 0 aliphatic carbocycles. The molecule has 0 aromatic heterocycles. The zero-order chi connectivity index (χ0) is 17.0. The van der Waals surface area contributed by atoms with Crippen molar-refractivity contribution in [2.45, 2.75) is 63.5 Å². The molecule has 0 radical (unpaired) electrons. The van der Waals surface area contributed by atoms with E-state index >= 15 is 0 Å². The molecule has 0 N–H and O–H groups in total. The van der Waals surface area contributed by atoms with E-state index in [9.17, 15) is 0 Å². The average Bonchev–Trinajstić information content (AvgIpc) is 2.40. The number of hydrogen-bond donors (Lipinski definition) is 0. The topological polar surface area (TPSA) is 9.23 Å². The first-order chi connectivity index (χ1) is 10.1. The molecule has 1 aromatic rings. The molecule has 126 valence electrons. The molecule has 22 heavy (non-hydrogen) atoms. The number of hydrogen-bond acceptors (Lipinski definition) is 1. The lowest BCUT2D eigenvalue weighted by atomic mass is 10.1. The van der Waals surface area contributed by atoms with Gasteiger partial charge in [-0.05, 0) is 60.7 Å². The van der Waals surface area contributed by atoms with Gasteiger partial charge in [0.2, 0.25) is 0 Å². The van der Waals surface area contributed by atoms with Gasteiger partial charge in [0.15, 0.2) is 8.32 Å². The third-order valence-electron chi connectivity index (χ3n) is 4.47. The summed E-state index contributed by atoms with van der Waals surface area (Å²) in [5.41, 5.74) is 2.17. The van der Waals surface area contributed by atoms with E-state index in [2.05, 4.69) is 49.8 Å². The second-order valence-corrected chi connectivity index (χ2v) is 13.4. The highest BCUT2D eigenvalue weighted by molar-refractivity contribution is 9.08. The molecule has 0 amide bonds. The van der Waals surface area contributed by atoms with Crippen LogP contribution < -0.4 is 0 Å². The van der Waals surface area contributed by atoms with Gasteiger partial charge in [-0.2, -0.15) is 0 Å². The van der Waals surface area contributed by atoms with E-state index in [1.807, 2.05) is 12.1 Å². The minimum absolute atomic E-state index is 0.273. The Kier molecular flexibility index (Phi) is 7.94. The summed E-state index contributed by atoms with van der Waals surface area (Å²) in [6.45, 7) is 12.2. The van der Waals surface area contributed by atoms with Gasteiger partial charge in [0.1, 0.15) is 0 Å². The molecule has 0 bridgehead atoms. The summed E-state index contributed by atoms with van der Waals surface area (Å²) in [7, 11) is -1.62. The summed E-state index contributed by atoms with van der Waals surface area (Å²) in [6, 6.07) is 3.95. The van der Waals surface area contributed by atoms with Crippen molar-refractivity contribution < 1.29 is 4.43 Å². The Morgan fingerprint density at radius 1 is 1.05 bits per heavy atom. The standard InChI is InChI=1S/C17H27BrCl2OSi/c1-17(2,3)22(4,5)21-9-7-6-8-13-10-16(20)14(12-18)11-15(13)19/h10-11H,6-9,12H2,1-5H3. The van der Waals surface area contributed by atoms with Gasteiger partial charge >= 0.3 is 0 Å². The number of benzene rings is 1. The zero-order valence-corrected chi connectivity index (χ0v) is 18.3. The van der Waals surface area contributed by atoms with Gasteiger partial charge in [-0.15, -0.1) is 0 Å². The van der Waals surface area contributed by atoms with Crippen molar-refractivity contribution in [3.63, 3.8) is 0 Å². The highest BCUT2D eigenvalue weighted by Crippen LogP contribution is 2.36. The molecule has 0 aliphatic heterocycles. The van der Waals surface area contributed by atoms with Crippen molar-refractivity contribution in [1.82, 2.24) is 0 Å². The van der Waals surface area contributed by atoms with E-state index < -0.39 is 8.32 Å². The van der Waals surface area contributed by atoms with E-state index in [0.717, 1.165) is 52.4 Å². The fourth-order valence-electron chi connectivity index (χ4n) is 1.88. The summed E-state index contributed by atoms with van der Waals surface area (Å²) in [6.07, 6.45) is 3.07. The summed E-state index contributed by atoms with van der Waals surface area (Å²) in [5.74, 6) is 0. The normalized spacial score (nSPS) is 12.7. The number of alkyl halides is 1. The maximum atomic E-state index is 6.32. The predicted octanol–water partition coefficient (Wildman–Crippen LogP) is 7.23. The molecule has 0 saturated carbocycles. The quantitative estimate of drug-likeness (QED) is 0.254. The van der Waals surface area contributed by atoms with E-state index in [1.165, 1.54) is 0 Å². The summed E-state index contributed by atoms with van der Waals surface area (Å²) >= 11 is 16.0. The van der Waals surface area contributed by atoms with Crippen molar-refractivity contribution in [3.05, 3.63) is 33.3 Å². The highest BCUT2D eigenvalue weighted by Gasteiger charge is 2.36. The Morgan fingerprint density at radius 3 is 2.14 bits per heavy atom. The molecule has 1 rings (SSSR count). The van der Waals surface area contributed by atoms with Gasteiger partial charge in [-0.25, -0.2) is 0 Å². The summed E-state index contributed by atoms with van der Waals surface area (Å²) in [4.78, 5) is 0. The number of aryl methyl sites for hydroxylation is 1. The number of unbranched alkanes of at least 4 members (excludes halogenated alkanes) is 1. The van der Waals surface area contributed by atoms with Gasteiger partial charge in [-0.1, -0.05) is 59.9 Å². The van der Waals surface area contributed by atoms with Crippen molar-refractivity contribution in [1.29, 1.82) is 0 Å². The summed E-state index contributed by atoms with van der Waals surface area (Å²) in [5, 5.41) is 2.60. The maximum Gasteiger partial charge on any atom is 0.191 e. The minimum atomic E-state index is -1.62. The predicted molar refractivity (Wildman–Crippen MR) is 105 cm³/mol. The number of rotatable bonds is 7. The van der Waals surface area contributed by atoms with Gasteiger partial charge in [0.05, 0.1) is 0 Å². The lowest BCUT2D eigenvalue weighted by Gasteiger charge is -2.36. The second kappa shape index (κ2) is 8.52. The molecule has 5 heteroatoms. The SMILES string of the molecule is CC(C)(C)[Si](C)(C)OCCCCc1cc(Cl)c(CBr)cc1Cl. The Labute approximate surface area is 155 Å². The van der Waals surface area contributed by atoms with Crippen LogP contribution in [0.5, 0.6) is 0 Å². The van der Waals surface area contributed by atoms with E-state index in [4.69, 9.17) is 27.6 Å². The Morgan fingerprint density at radius 2 is 1.59 bits per heavy atom. The van der Waals surface area contributed by atoms with Crippen LogP contribution in [-0.2, 0) is 16.2 Å². The number of halogens is 3. The third kappa shape index (κ3) is 5.83. The van der Waals surface area contributed by atoms with Crippen LogP contribution in [0.15, 0.2) is 12.1 Å². The fourth-order valence-corrected chi connectivity index (χ4v) is 4.13. The molecule has 0 atom stereocenters. The maximum absolute atomic E-state index is 6.32. The second-order valence-electron chi connectivity index (χ2n) is 7.23. The molecule has 1 nitrogen and oxygen atoms in total. The van der Waals surface area contributed by atoms with Gasteiger partial charge in [0.25, 0.3) is 0 Å². The van der Waals surface area contributed by atoms with Gasteiger partial charge in [0, 0.05) is 22.0 Å². The first-order valence-corrected chi connectivity index (χ1v) is 12.5. The largest absolute Gasteiger partial charge is 0.417 e. The molecule has 0 spiro atoms. The molecule has 0 aliphatic rings. The van der Waals surface area contributed by atoms with Crippen LogP contribution in [0.2, 0.25) is 28.2 Å². The Balaban J connectivity index is 2.45. The van der Waals surface area contributed by atoms with Crippen LogP contribution in [0.4, 0.5) is 0 Å². The molecular formula is C17H27BrCl2OSi. The lowest BCUT2D eigenvalue weighted by Crippen LogP contribution is -2.40. The lowest BCUT2D eigenvalue weighted by molar-refractivity contribution is 0.279. The van der Waals surface area contributed by atoms with Crippen LogP contribution in [-0.4, -0.2) is 14.9 Å². The van der Waals surface area contributed by atoms with E-state index in [0.29, 0.717) is 0 Å². The van der Waals surface area contributed by atoms with Crippen molar-refractivity contribution in [2.75, 3.05) is 6.61 Å². The van der Waals surface area contributed by atoms with Gasteiger partial charge < -0.3 is 4.43 Å². The minimum Gasteiger partial charge on any atom is -0.417 e. The van der Waals surface area contributed by atoms with Crippen LogP contribution in [0.3, 0.4) is 0 Å². The first kappa shape index (κ1) is 20.5. The average molecular weight is 426 g/mol. The van der Waals surface area contributed by atoms with Crippen LogP contribution in [0, 0.1) is 0 Å². The summed E-state index contributed by atoms with van der Waals surface area (Å²) < 4.78 is 6.20. The fraction of sp³-hybridized carbons (Fsp3) is 0.647. The molecular weight excluding hydrogens is 399 g/mol. The third-order valence-corrected chi connectivity index (χ3v) is 10.3. The monoisotopic (exact) mass is 424 g/mol. The molecule has 0 saturated heterocycles. The van der Waals surface area contributed by atoms with Crippen LogP contribution in [0.1, 0.15) is 44.7 Å². The van der Waals surface area contributed by atoms with E-state index in [1.54, 1.807) is 0 Å².